The number of aryl methyl sites for hydroxylation is 1. The van der Waals surface area contributed by atoms with E-state index in [0.29, 0.717) is 6.04 Å². The summed E-state index contributed by atoms with van der Waals surface area (Å²) in [6.07, 6.45) is 4.87. The minimum atomic E-state index is 0.262. The molecule has 0 fully saturated rings. The van der Waals surface area contributed by atoms with Crippen LogP contribution in [0.2, 0.25) is 0 Å². The van der Waals surface area contributed by atoms with Gasteiger partial charge in [-0.2, -0.15) is 0 Å². The molecule has 3 heteroatoms. The van der Waals surface area contributed by atoms with Gasteiger partial charge in [-0.3, -0.25) is 0 Å². The molecule has 3 nitrogen and oxygen atoms in total. The predicted molar refractivity (Wildman–Crippen MR) is 95.7 cm³/mol. The van der Waals surface area contributed by atoms with Gasteiger partial charge < -0.3 is 14.8 Å². The van der Waals surface area contributed by atoms with Gasteiger partial charge in [0.15, 0.2) is 0 Å². The Hall–Kier alpha value is -2.00. The van der Waals surface area contributed by atoms with Crippen molar-refractivity contribution in [3.05, 3.63) is 58.7 Å². The van der Waals surface area contributed by atoms with Crippen LogP contribution in [0.15, 0.2) is 36.4 Å². The van der Waals surface area contributed by atoms with E-state index in [0.717, 1.165) is 24.5 Å². The Morgan fingerprint density at radius 3 is 2.96 bits per heavy atom. The summed E-state index contributed by atoms with van der Waals surface area (Å²) >= 11 is 0. The van der Waals surface area contributed by atoms with Crippen LogP contribution in [0.3, 0.4) is 0 Å². The zero-order chi connectivity index (χ0) is 16.5. The molecule has 1 N–H and O–H groups in total. The van der Waals surface area contributed by atoms with Crippen LogP contribution >= 0.6 is 0 Å². The molecule has 1 aliphatic heterocycles. The second-order valence-corrected chi connectivity index (χ2v) is 6.93. The van der Waals surface area contributed by atoms with Crippen molar-refractivity contribution in [2.45, 2.75) is 51.3 Å². The smallest absolute Gasteiger partial charge is 0.123 e. The predicted octanol–water partition coefficient (Wildman–Crippen LogP) is 4.19. The van der Waals surface area contributed by atoms with Crippen LogP contribution in [-0.4, -0.2) is 13.2 Å². The number of methoxy groups -OCH3 is 1. The van der Waals surface area contributed by atoms with Crippen LogP contribution in [0, 0.1) is 0 Å². The highest BCUT2D eigenvalue weighted by atomic mass is 16.5. The maximum absolute atomic E-state index is 5.91. The second kappa shape index (κ2) is 6.48. The fourth-order valence-corrected chi connectivity index (χ4v) is 4.01. The highest BCUT2D eigenvalue weighted by molar-refractivity contribution is 5.48. The third-order valence-electron chi connectivity index (χ3n) is 5.21. The first-order valence-electron chi connectivity index (χ1n) is 8.92. The van der Waals surface area contributed by atoms with E-state index in [4.69, 9.17) is 9.47 Å². The first-order valence-corrected chi connectivity index (χ1v) is 8.92. The molecule has 0 saturated heterocycles. The van der Waals surface area contributed by atoms with Gasteiger partial charge in [0.1, 0.15) is 17.6 Å². The Labute approximate surface area is 144 Å². The number of benzene rings is 2. The van der Waals surface area contributed by atoms with Crippen LogP contribution in [0.25, 0.3) is 0 Å². The Kier molecular flexibility index (Phi) is 4.19. The molecule has 0 unspecified atom stereocenters. The standard InChI is InChI=1S/C21H25NO2/c1-14-10-16-11-20(23-2)17(12-21(16)24-14)13-22-19-9-5-7-15-6-3-4-8-18(15)19/h3-4,6,8,11-12,14,19,22H,5,7,9-10,13H2,1-2H3/t14-,19-/m1/s1. The summed E-state index contributed by atoms with van der Waals surface area (Å²) in [5, 5.41) is 3.74. The average Bonchev–Trinajstić information content (AvgIpc) is 2.97. The van der Waals surface area contributed by atoms with Gasteiger partial charge in [-0.05, 0) is 49.4 Å². The van der Waals surface area contributed by atoms with E-state index in [1.807, 2.05) is 0 Å². The van der Waals surface area contributed by atoms with Crippen molar-refractivity contribution in [3.63, 3.8) is 0 Å². The lowest BCUT2D eigenvalue weighted by Gasteiger charge is -2.27. The van der Waals surface area contributed by atoms with Crippen LogP contribution < -0.4 is 14.8 Å². The van der Waals surface area contributed by atoms with Gasteiger partial charge in [-0.1, -0.05) is 24.3 Å². The van der Waals surface area contributed by atoms with Gasteiger partial charge in [0.2, 0.25) is 0 Å². The molecule has 2 atom stereocenters. The molecule has 0 radical (unpaired) electrons. The van der Waals surface area contributed by atoms with E-state index < -0.39 is 0 Å². The van der Waals surface area contributed by atoms with Crippen molar-refractivity contribution in [1.29, 1.82) is 0 Å². The summed E-state index contributed by atoms with van der Waals surface area (Å²) < 4.78 is 11.5. The molecule has 126 valence electrons. The van der Waals surface area contributed by atoms with E-state index in [-0.39, 0.29) is 6.10 Å². The average molecular weight is 323 g/mol. The summed E-state index contributed by atoms with van der Waals surface area (Å²) in [6, 6.07) is 13.5. The fraction of sp³-hybridized carbons (Fsp3) is 0.429. The van der Waals surface area contributed by atoms with E-state index >= 15 is 0 Å². The third kappa shape index (κ3) is 2.89. The number of hydrogen-bond acceptors (Lipinski definition) is 3. The summed E-state index contributed by atoms with van der Waals surface area (Å²) in [7, 11) is 1.75. The van der Waals surface area contributed by atoms with Crippen molar-refractivity contribution < 1.29 is 9.47 Å². The Bertz CT molecular complexity index is 741. The van der Waals surface area contributed by atoms with E-state index in [1.165, 1.54) is 41.5 Å². The maximum atomic E-state index is 5.91. The van der Waals surface area contributed by atoms with E-state index in [2.05, 4.69) is 48.6 Å². The molecule has 1 aliphatic carbocycles. The first kappa shape index (κ1) is 15.5. The van der Waals surface area contributed by atoms with Gasteiger partial charge >= 0.3 is 0 Å². The summed E-state index contributed by atoms with van der Waals surface area (Å²) in [5.74, 6) is 1.98. The zero-order valence-electron chi connectivity index (χ0n) is 14.5. The van der Waals surface area contributed by atoms with Crippen molar-refractivity contribution >= 4 is 0 Å². The Balaban J connectivity index is 1.54. The van der Waals surface area contributed by atoms with Crippen LogP contribution in [0.5, 0.6) is 11.5 Å². The van der Waals surface area contributed by atoms with Gasteiger partial charge in [-0.25, -0.2) is 0 Å². The molecular formula is C21H25NO2. The van der Waals surface area contributed by atoms with Crippen LogP contribution in [0.1, 0.15) is 48.1 Å². The molecule has 0 amide bonds. The van der Waals surface area contributed by atoms with Gasteiger partial charge in [-0.15, -0.1) is 0 Å². The molecule has 2 aromatic rings. The second-order valence-electron chi connectivity index (χ2n) is 6.93. The molecule has 24 heavy (non-hydrogen) atoms. The summed E-state index contributed by atoms with van der Waals surface area (Å²) in [5.41, 5.74) is 5.37. The van der Waals surface area contributed by atoms with E-state index in [9.17, 15) is 0 Å². The Morgan fingerprint density at radius 2 is 2.08 bits per heavy atom. The van der Waals surface area contributed by atoms with Crippen LogP contribution in [0.4, 0.5) is 0 Å². The van der Waals surface area contributed by atoms with Gasteiger partial charge in [0.05, 0.1) is 7.11 Å². The van der Waals surface area contributed by atoms with E-state index in [1.54, 1.807) is 7.11 Å². The summed E-state index contributed by atoms with van der Waals surface area (Å²) in [4.78, 5) is 0. The number of hydrogen-bond donors (Lipinski definition) is 1. The van der Waals surface area contributed by atoms with Crippen molar-refractivity contribution in [3.8, 4) is 11.5 Å². The largest absolute Gasteiger partial charge is 0.496 e. The zero-order valence-corrected chi connectivity index (χ0v) is 14.5. The lowest BCUT2D eigenvalue weighted by atomic mass is 9.87. The highest BCUT2D eigenvalue weighted by Gasteiger charge is 2.23. The minimum Gasteiger partial charge on any atom is -0.496 e. The lowest BCUT2D eigenvalue weighted by Crippen LogP contribution is -2.25. The number of fused-ring (bicyclic) bond motifs is 2. The molecule has 0 bridgehead atoms. The molecule has 2 aliphatic rings. The minimum absolute atomic E-state index is 0.262. The molecule has 0 aromatic heterocycles. The quantitative estimate of drug-likeness (QED) is 0.915. The normalized spacial score (nSPS) is 21.8. The fourth-order valence-electron chi connectivity index (χ4n) is 4.01. The number of ether oxygens (including phenoxy) is 2. The Morgan fingerprint density at radius 1 is 1.21 bits per heavy atom. The van der Waals surface area contributed by atoms with Gasteiger partial charge in [0, 0.05) is 30.1 Å². The number of nitrogens with one attached hydrogen (secondary N) is 1. The van der Waals surface area contributed by atoms with Crippen molar-refractivity contribution in [2.75, 3.05) is 7.11 Å². The molecular weight excluding hydrogens is 298 g/mol. The molecule has 4 rings (SSSR count). The molecule has 0 saturated carbocycles. The topological polar surface area (TPSA) is 30.5 Å². The summed E-state index contributed by atoms with van der Waals surface area (Å²) in [6.45, 7) is 2.91. The SMILES string of the molecule is COc1cc2c(cc1CN[C@@H]1CCCc3ccccc31)O[C@H](C)C2. The monoisotopic (exact) mass is 323 g/mol. The van der Waals surface area contributed by atoms with Crippen molar-refractivity contribution in [2.24, 2.45) is 0 Å². The lowest BCUT2D eigenvalue weighted by molar-refractivity contribution is 0.254. The molecule has 0 spiro atoms. The number of rotatable bonds is 4. The molecule has 2 aromatic carbocycles. The third-order valence-corrected chi connectivity index (χ3v) is 5.21. The highest BCUT2D eigenvalue weighted by Crippen LogP contribution is 2.36. The van der Waals surface area contributed by atoms with Gasteiger partial charge in [0.25, 0.3) is 0 Å². The first-order chi connectivity index (χ1) is 11.7. The van der Waals surface area contributed by atoms with Crippen molar-refractivity contribution in [1.82, 2.24) is 5.32 Å². The maximum Gasteiger partial charge on any atom is 0.123 e. The molecule has 1 heterocycles. The van der Waals surface area contributed by atoms with Crippen LogP contribution in [-0.2, 0) is 19.4 Å².